The lowest BCUT2D eigenvalue weighted by Gasteiger charge is -2.39. The molecule has 1 saturated heterocycles. The second-order valence-corrected chi connectivity index (χ2v) is 6.19. The van der Waals surface area contributed by atoms with Crippen molar-refractivity contribution in [2.24, 2.45) is 5.92 Å². The Morgan fingerprint density at radius 1 is 1.32 bits per heavy atom. The van der Waals surface area contributed by atoms with E-state index in [-0.39, 0.29) is 6.61 Å². The fourth-order valence-electron chi connectivity index (χ4n) is 2.85. The molecule has 0 radical (unpaired) electrons. The first-order valence-corrected chi connectivity index (χ1v) is 7.69. The number of aliphatic hydroxyl groups excluding tert-OH is 4. The Balaban J connectivity index is 1.86. The quantitative estimate of drug-likeness (QED) is 0.537. The molecule has 2 aliphatic rings. The molecule has 0 aromatic rings. The van der Waals surface area contributed by atoms with E-state index < -0.39 is 37.3 Å². The van der Waals surface area contributed by atoms with Crippen LogP contribution in [-0.4, -0.2) is 64.3 Å². The van der Waals surface area contributed by atoms with Gasteiger partial charge in [-0.1, -0.05) is 18.2 Å². The third-order valence-electron chi connectivity index (χ3n) is 4.50. The summed E-state index contributed by atoms with van der Waals surface area (Å²) >= 11 is 0. The van der Waals surface area contributed by atoms with Crippen molar-refractivity contribution in [3.8, 4) is 0 Å². The minimum atomic E-state index is -1.41. The number of ether oxygens (including phenoxy) is 2. The van der Waals surface area contributed by atoms with Crippen molar-refractivity contribution in [3.05, 3.63) is 23.8 Å². The largest absolute Gasteiger partial charge is 0.394 e. The average molecular weight is 314 g/mol. The molecule has 1 fully saturated rings. The monoisotopic (exact) mass is 314 g/mol. The lowest BCUT2D eigenvalue weighted by Crippen LogP contribution is -2.59. The summed E-state index contributed by atoms with van der Waals surface area (Å²) in [6.07, 6.45) is -0.970. The van der Waals surface area contributed by atoms with Crippen LogP contribution in [0.2, 0.25) is 0 Å². The van der Waals surface area contributed by atoms with Crippen LogP contribution in [0.15, 0.2) is 23.8 Å². The molecule has 6 atom stereocenters. The highest BCUT2D eigenvalue weighted by Crippen LogP contribution is 2.29. The third-order valence-corrected chi connectivity index (χ3v) is 4.50. The molecule has 22 heavy (non-hydrogen) atoms. The average Bonchev–Trinajstić information content (AvgIpc) is 2.52. The fourth-order valence-corrected chi connectivity index (χ4v) is 2.85. The number of rotatable bonds is 5. The van der Waals surface area contributed by atoms with Crippen LogP contribution in [0.1, 0.15) is 26.2 Å². The molecule has 0 aromatic heterocycles. The van der Waals surface area contributed by atoms with E-state index >= 15 is 0 Å². The third kappa shape index (κ3) is 3.95. The zero-order valence-electron chi connectivity index (χ0n) is 12.9. The number of aliphatic hydroxyl groups is 4. The lowest BCUT2D eigenvalue weighted by atomic mass is 9.86. The van der Waals surface area contributed by atoms with Crippen molar-refractivity contribution in [3.63, 3.8) is 0 Å². The highest BCUT2D eigenvalue weighted by molar-refractivity contribution is 5.12. The molecule has 0 spiro atoms. The van der Waals surface area contributed by atoms with Gasteiger partial charge in [0.05, 0.1) is 13.2 Å². The zero-order valence-corrected chi connectivity index (χ0v) is 12.9. The van der Waals surface area contributed by atoms with Gasteiger partial charge in [0.25, 0.3) is 0 Å². The molecule has 0 saturated carbocycles. The Labute approximate surface area is 130 Å². The van der Waals surface area contributed by atoms with Crippen molar-refractivity contribution in [1.29, 1.82) is 0 Å². The summed E-state index contributed by atoms with van der Waals surface area (Å²) < 4.78 is 10.8. The molecule has 6 nitrogen and oxygen atoms in total. The van der Waals surface area contributed by atoms with Crippen LogP contribution in [0, 0.1) is 5.92 Å². The molecule has 0 amide bonds. The number of hydrogen-bond acceptors (Lipinski definition) is 6. The van der Waals surface area contributed by atoms with Gasteiger partial charge in [-0.3, -0.25) is 0 Å². The summed E-state index contributed by atoms with van der Waals surface area (Å²) in [4.78, 5) is 0. The Bertz CT molecular complexity index is 419. The summed E-state index contributed by atoms with van der Waals surface area (Å²) in [6.45, 7) is 5.90. The Morgan fingerprint density at radius 3 is 2.64 bits per heavy atom. The van der Waals surface area contributed by atoms with Crippen LogP contribution in [0.3, 0.4) is 0 Å². The van der Waals surface area contributed by atoms with E-state index in [0.717, 1.165) is 24.8 Å². The van der Waals surface area contributed by atoms with Crippen LogP contribution in [-0.2, 0) is 9.47 Å². The van der Waals surface area contributed by atoms with Crippen molar-refractivity contribution >= 4 is 0 Å². The SMILES string of the molecule is C=C(CO[C@H]1O[C@H](CO)[C@H](O)[C@@H](O)[C@H]1O)[C@H]1CC=C(C)CC1. The van der Waals surface area contributed by atoms with Crippen molar-refractivity contribution in [2.75, 3.05) is 13.2 Å². The van der Waals surface area contributed by atoms with Crippen molar-refractivity contribution in [2.45, 2.75) is 56.9 Å². The van der Waals surface area contributed by atoms with Gasteiger partial charge in [-0.15, -0.1) is 0 Å². The summed E-state index contributed by atoms with van der Waals surface area (Å²) in [7, 11) is 0. The van der Waals surface area contributed by atoms with E-state index in [1.165, 1.54) is 5.57 Å². The fraction of sp³-hybridized carbons (Fsp3) is 0.750. The van der Waals surface area contributed by atoms with E-state index in [2.05, 4.69) is 19.6 Å². The lowest BCUT2D eigenvalue weighted by molar-refractivity contribution is -0.299. The van der Waals surface area contributed by atoms with E-state index in [4.69, 9.17) is 14.6 Å². The maximum Gasteiger partial charge on any atom is 0.187 e. The standard InChI is InChI=1S/C16H26O6/c1-9-3-5-11(6-4-9)10(2)8-21-16-15(20)14(19)13(18)12(7-17)22-16/h3,11-20H,2,4-8H2,1H3/t11-,12+,13-,14+,15+,16-/m0/s1. The first-order chi connectivity index (χ1) is 10.4. The number of allylic oxidation sites excluding steroid dienone is 2. The molecule has 4 N–H and O–H groups in total. The van der Waals surface area contributed by atoms with Crippen LogP contribution >= 0.6 is 0 Å². The summed E-state index contributed by atoms with van der Waals surface area (Å²) in [5.74, 6) is 0.341. The Morgan fingerprint density at radius 2 is 2.05 bits per heavy atom. The van der Waals surface area contributed by atoms with Gasteiger partial charge in [0.15, 0.2) is 6.29 Å². The summed E-state index contributed by atoms with van der Waals surface area (Å²) in [6, 6.07) is 0. The molecule has 126 valence electrons. The topological polar surface area (TPSA) is 99.4 Å². The van der Waals surface area contributed by atoms with Gasteiger partial charge < -0.3 is 29.9 Å². The molecule has 1 heterocycles. The molecule has 0 unspecified atom stereocenters. The van der Waals surface area contributed by atoms with Crippen LogP contribution in [0.5, 0.6) is 0 Å². The maximum atomic E-state index is 9.90. The molecule has 2 rings (SSSR count). The van der Waals surface area contributed by atoms with Gasteiger partial charge in [-0.2, -0.15) is 0 Å². The van der Waals surface area contributed by atoms with Gasteiger partial charge in [0.1, 0.15) is 24.4 Å². The van der Waals surface area contributed by atoms with Crippen molar-refractivity contribution in [1.82, 2.24) is 0 Å². The smallest absolute Gasteiger partial charge is 0.187 e. The Kier molecular flexibility index (Phi) is 6.14. The van der Waals surface area contributed by atoms with Gasteiger partial charge in [-0.05, 0) is 37.7 Å². The van der Waals surface area contributed by atoms with Gasteiger partial charge >= 0.3 is 0 Å². The van der Waals surface area contributed by atoms with Crippen molar-refractivity contribution < 1.29 is 29.9 Å². The van der Waals surface area contributed by atoms with Gasteiger partial charge in [0.2, 0.25) is 0 Å². The van der Waals surface area contributed by atoms with Crippen LogP contribution < -0.4 is 0 Å². The van der Waals surface area contributed by atoms with E-state index in [1.807, 2.05) is 0 Å². The molecular formula is C16H26O6. The second-order valence-electron chi connectivity index (χ2n) is 6.19. The predicted molar refractivity (Wildman–Crippen MR) is 80.0 cm³/mol. The molecule has 0 bridgehead atoms. The molecular weight excluding hydrogens is 288 g/mol. The van der Waals surface area contributed by atoms with E-state index in [1.54, 1.807) is 0 Å². The summed E-state index contributed by atoms with van der Waals surface area (Å²) in [5, 5.41) is 38.4. The summed E-state index contributed by atoms with van der Waals surface area (Å²) in [5.41, 5.74) is 2.31. The highest BCUT2D eigenvalue weighted by Gasteiger charge is 2.44. The zero-order chi connectivity index (χ0) is 16.3. The second kappa shape index (κ2) is 7.68. The normalized spacial score (nSPS) is 39.4. The van der Waals surface area contributed by atoms with Gasteiger partial charge in [-0.25, -0.2) is 0 Å². The van der Waals surface area contributed by atoms with E-state index in [9.17, 15) is 15.3 Å². The highest BCUT2D eigenvalue weighted by atomic mass is 16.7. The maximum absolute atomic E-state index is 9.90. The molecule has 1 aliphatic heterocycles. The molecule has 0 aromatic carbocycles. The van der Waals surface area contributed by atoms with Gasteiger partial charge in [0, 0.05) is 0 Å². The first-order valence-electron chi connectivity index (χ1n) is 7.69. The Hall–Kier alpha value is -0.760. The minimum absolute atomic E-state index is 0.209. The molecule has 1 aliphatic carbocycles. The predicted octanol–water partition coefficient (Wildman–Crippen LogP) is 0.105. The number of hydrogen-bond donors (Lipinski definition) is 4. The minimum Gasteiger partial charge on any atom is -0.394 e. The van der Waals surface area contributed by atoms with E-state index in [0.29, 0.717) is 5.92 Å². The first kappa shape index (κ1) is 17.6. The molecule has 6 heteroatoms. The van der Waals surface area contributed by atoms with Crippen LogP contribution in [0.4, 0.5) is 0 Å². The van der Waals surface area contributed by atoms with Crippen LogP contribution in [0.25, 0.3) is 0 Å².